The number of aliphatic hydroxyl groups is 1. The summed E-state index contributed by atoms with van der Waals surface area (Å²) in [6.45, 7) is 0.862. The highest BCUT2D eigenvalue weighted by molar-refractivity contribution is 5.78. The molecule has 12 heavy (non-hydrogen) atoms. The Balaban J connectivity index is 2.03. The third kappa shape index (κ3) is 1.22. The molecule has 1 saturated heterocycles. The minimum absolute atomic E-state index is 0.139. The molecule has 0 aromatic rings. The van der Waals surface area contributed by atoms with E-state index in [1.54, 1.807) is 0 Å². The fourth-order valence-corrected chi connectivity index (χ4v) is 2.30. The molecule has 2 rings (SSSR count). The average molecular weight is 169 g/mol. The summed E-state index contributed by atoms with van der Waals surface area (Å²) >= 11 is 0. The van der Waals surface area contributed by atoms with Crippen LogP contribution in [0, 0.1) is 0 Å². The number of nitrogens with zero attached hydrogens (tertiary/aromatic N) is 1. The van der Waals surface area contributed by atoms with E-state index in [2.05, 4.69) is 0 Å². The Morgan fingerprint density at radius 2 is 2.17 bits per heavy atom. The van der Waals surface area contributed by atoms with Crippen LogP contribution in [0.5, 0.6) is 0 Å². The summed E-state index contributed by atoms with van der Waals surface area (Å²) in [5.74, 6) is 0.237. The SMILES string of the molecule is O=C1CCCN1C1CCCC1O. The van der Waals surface area contributed by atoms with E-state index in [1.165, 1.54) is 0 Å². The number of amides is 1. The summed E-state index contributed by atoms with van der Waals surface area (Å²) in [7, 11) is 0. The molecule has 0 bridgehead atoms. The molecule has 0 aromatic carbocycles. The Morgan fingerprint density at radius 1 is 1.33 bits per heavy atom. The molecule has 2 fully saturated rings. The molecule has 2 aliphatic rings. The molecule has 1 heterocycles. The summed E-state index contributed by atoms with van der Waals surface area (Å²) in [6, 6.07) is 0.139. The Kier molecular flexibility index (Phi) is 2.05. The lowest BCUT2D eigenvalue weighted by Gasteiger charge is -2.26. The van der Waals surface area contributed by atoms with Gasteiger partial charge in [-0.05, 0) is 25.7 Å². The van der Waals surface area contributed by atoms with Gasteiger partial charge in [-0.25, -0.2) is 0 Å². The highest BCUT2D eigenvalue weighted by Gasteiger charge is 2.35. The fourth-order valence-electron chi connectivity index (χ4n) is 2.30. The molecule has 68 valence electrons. The number of carbonyl (C=O) groups excluding carboxylic acids is 1. The summed E-state index contributed by atoms with van der Waals surface area (Å²) < 4.78 is 0. The molecule has 0 aromatic heterocycles. The van der Waals surface area contributed by atoms with Gasteiger partial charge in [0.25, 0.3) is 0 Å². The second-order valence-electron chi connectivity index (χ2n) is 3.76. The van der Waals surface area contributed by atoms with Crippen molar-refractivity contribution in [1.29, 1.82) is 0 Å². The third-order valence-corrected chi connectivity index (χ3v) is 2.95. The monoisotopic (exact) mass is 169 g/mol. The van der Waals surface area contributed by atoms with E-state index in [4.69, 9.17) is 0 Å². The third-order valence-electron chi connectivity index (χ3n) is 2.95. The Morgan fingerprint density at radius 3 is 2.67 bits per heavy atom. The van der Waals surface area contributed by atoms with E-state index in [0.29, 0.717) is 6.42 Å². The smallest absolute Gasteiger partial charge is 0.222 e. The molecule has 2 atom stereocenters. The maximum absolute atomic E-state index is 11.3. The number of hydrogen-bond acceptors (Lipinski definition) is 2. The molecule has 2 unspecified atom stereocenters. The molecule has 1 aliphatic heterocycles. The molecule has 0 spiro atoms. The van der Waals surface area contributed by atoms with E-state index < -0.39 is 0 Å². The molecule has 3 heteroatoms. The standard InChI is InChI=1S/C9H15NO2/c11-8-4-1-3-7(8)10-6-2-5-9(10)12/h7-8,11H,1-6H2. The highest BCUT2D eigenvalue weighted by atomic mass is 16.3. The van der Waals surface area contributed by atoms with Gasteiger partial charge in [-0.15, -0.1) is 0 Å². The van der Waals surface area contributed by atoms with E-state index >= 15 is 0 Å². The second kappa shape index (κ2) is 3.05. The van der Waals surface area contributed by atoms with Crippen LogP contribution in [-0.2, 0) is 4.79 Å². The quantitative estimate of drug-likeness (QED) is 0.621. The van der Waals surface area contributed by atoms with Gasteiger partial charge in [0.1, 0.15) is 0 Å². The van der Waals surface area contributed by atoms with Crippen molar-refractivity contribution in [2.75, 3.05) is 6.54 Å². The first-order valence-electron chi connectivity index (χ1n) is 4.76. The summed E-state index contributed by atoms with van der Waals surface area (Å²) in [6.07, 6.45) is 4.33. The molecule has 1 N–H and O–H groups in total. The van der Waals surface area contributed by atoms with Crippen molar-refractivity contribution in [1.82, 2.24) is 4.90 Å². The number of aliphatic hydroxyl groups excluding tert-OH is 1. The normalized spacial score (nSPS) is 36.4. The van der Waals surface area contributed by atoms with Gasteiger partial charge in [0.05, 0.1) is 12.1 Å². The molecular weight excluding hydrogens is 154 g/mol. The second-order valence-corrected chi connectivity index (χ2v) is 3.76. The highest BCUT2D eigenvalue weighted by Crippen LogP contribution is 2.27. The van der Waals surface area contributed by atoms with Crippen LogP contribution < -0.4 is 0 Å². The topological polar surface area (TPSA) is 40.5 Å². The van der Waals surface area contributed by atoms with Crippen molar-refractivity contribution in [2.45, 2.75) is 44.2 Å². The fraction of sp³-hybridized carbons (Fsp3) is 0.889. The van der Waals surface area contributed by atoms with Gasteiger partial charge < -0.3 is 10.0 Å². The largest absolute Gasteiger partial charge is 0.391 e. The van der Waals surface area contributed by atoms with Crippen LogP contribution in [0.15, 0.2) is 0 Å². The maximum Gasteiger partial charge on any atom is 0.222 e. The first-order chi connectivity index (χ1) is 5.79. The zero-order valence-corrected chi connectivity index (χ0v) is 7.20. The van der Waals surface area contributed by atoms with Crippen LogP contribution in [0.2, 0.25) is 0 Å². The van der Waals surface area contributed by atoms with Gasteiger partial charge in [0, 0.05) is 13.0 Å². The van der Waals surface area contributed by atoms with Crippen molar-refractivity contribution in [3.8, 4) is 0 Å². The van der Waals surface area contributed by atoms with Crippen LogP contribution in [0.25, 0.3) is 0 Å². The van der Waals surface area contributed by atoms with Gasteiger partial charge in [0.2, 0.25) is 5.91 Å². The Labute approximate surface area is 72.4 Å². The Hall–Kier alpha value is -0.570. The molecule has 1 saturated carbocycles. The van der Waals surface area contributed by atoms with E-state index in [1.807, 2.05) is 4.90 Å². The van der Waals surface area contributed by atoms with Crippen molar-refractivity contribution in [3.05, 3.63) is 0 Å². The van der Waals surface area contributed by atoms with Crippen LogP contribution in [0.3, 0.4) is 0 Å². The predicted molar refractivity (Wildman–Crippen MR) is 44.6 cm³/mol. The van der Waals surface area contributed by atoms with Crippen LogP contribution in [-0.4, -0.2) is 34.6 Å². The van der Waals surface area contributed by atoms with Crippen molar-refractivity contribution < 1.29 is 9.90 Å². The zero-order valence-electron chi connectivity index (χ0n) is 7.20. The van der Waals surface area contributed by atoms with Crippen molar-refractivity contribution >= 4 is 5.91 Å². The number of carbonyl (C=O) groups is 1. The van der Waals surface area contributed by atoms with Gasteiger partial charge >= 0.3 is 0 Å². The first kappa shape index (κ1) is 8.05. The summed E-state index contributed by atoms with van der Waals surface area (Å²) in [5.41, 5.74) is 0. The van der Waals surface area contributed by atoms with E-state index in [-0.39, 0.29) is 18.1 Å². The van der Waals surface area contributed by atoms with Gasteiger partial charge in [-0.2, -0.15) is 0 Å². The Bertz CT molecular complexity index is 193. The first-order valence-corrected chi connectivity index (χ1v) is 4.76. The number of hydrogen-bond donors (Lipinski definition) is 1. The van der Waals surface area contributed by atoms with E-state index in [0.717, 1.165) is 32.2 Å². The maximum atomic E-state index is 11.3. The minimum Gasteiger partial charge on any atom is -0.391 e. The van der Waals surface area contributed by atoms with Crippen molar-refractivity contribution in [2.24, 2.45) is 0 Å². The summed E-state index contributed by atoms with van der Waals surface area (Å²) in [5, 5.41) is 9.57. The van der Waals surface area contributed by atoms with Crippen LogP contribution in [0.1, 0.15) is 32.1 Å². The van der Waals surface area contributed by atoms with Gasteiger partial charge in [-0.3, -0.25) is 4.79 Å². The van der Waals surface area contributed by atoms with Gasteiger partial charge in [0.15, 0.2) is 0 Å². The average Bonchev–Trinajstić information content (AvgIpc) is 2.59. The lowest BCUT2D eigenvalue weighted by atomic mass is 10.2. The molecule has 1 amide bonds. The predicted octanol–water partition coefficient (Wildman–Crippen LogP) is 0.522. The zero-order chi connectivity index (χ0) is 8.55. The molecule has 1 aliphatic carbocycles. The lowest BCUT2D eigenvalue weighted by molar-refractivity contribution is -0.131. The van der Waals surface area contributed by atoms with E-state index in [9.17, 15) is 9.90 Å². The lowest BCUT2D eigenvalue weighted by Crippen LogP contribution is -2.40. The number of rotatable bonds is 1. The van der Waals surface area contributed by atoms with Gasteiger partial charge in [-0.1, -0.05) is 0 Å². The minimum atomic E-state index is -0.257. The summed E-state index contributed by atoms with van der Waals surface area (Å²) in [4.78, 5) is 13.2. The van der Waals surface area contributed by atoms with Crippen LogP contribution in [0.4, 0.5) is 0 Å². The number of likely N-dealkylation sites (tertiary alicyclic amines) is 1. The van der Waals surface area contributed by atoms with Crippen molar-refractivity contribution in [3.63, 3.8) is 0 Å². The molecule has 3 nitrogen and oxygen atoms in total. The molecule has 0 radical (unpaired) electrons. The molecular formula is C9H15NO2. The van der Waals surface area contributed by atoms with Crippen LogP contribution >= 0.6 is 0 Å².